The lowest BCUT2D eigenvalue weighted by Crippen LogP contribution is -2.32. The fourth-order valence-electron chi connectivity index (χ4n) is 1.44. The van der Waals surface area contributed by atoms with Crippen LogP contribution in [0.2, 0.25) is 0 Å². The zero-order chi connectivity index (χ0) is 15.4. The van der Waals surface area contributed by atoms with Gasteiger partial charge in [-0.05, 0) is 31.9 Å². The molecule has 0 unspecified atom stereocenters. The van der Waals surface area contributed by atoms with Crippen molar-refractivity contribution in [3.63, 3.8) is 0 Å². The molecular formula is C13H18ClNO4S. The number of alkyl carbamates (subject to hydrolysis) is 1. The monoisotopic (exact) mass is 319 g/mol. The normalized spacial score (nSPS) is 12.0. The molecule has 0 bridgehead atoms. The van der Waals surface area contributed by atoms with Gasteiger partial charge in [0.1, 0.15) is 5.60 Å². The highest BCUT2D eigenvalue weighted by molar-refractivity contribution is 8.13. The molecule has 20 heavy (non-hydrogen) atoms. The minimum atomic E-state index is -3.55. The summed E-state index contributed by atoms with van der Waals surface area (Å²) in [6.45, 7) is 5.67. The Morgan fingerprint density at radius 1 is 1.20 bits per heavy atom. The molecule has 0 aromatic heterocycles. The Bertz CT molecular complexity index is 561. The van der Waals surface area contributed by atoms with Crippen LogP contribution in [-0.2, 0) is 26.1 Å². The van der Waals surface area contributed by atoms with Crippen molar-refractivity contribution in [3.8, 4) is 0 Å². The Labute approximate surface area is 123 Å². The van der Waals surface area contributed by atoms with Crippen LogP contribution < -0.4 is 5.32 Å². The smallest absolute Gasteiger partial charge is 0.407 e. The average Bonchev–Trinajstić information content (AvgIpc) is 2.23. The van der Waals surface area contributed by atoms with Gasteiger partial charge < -0.3 is 10.1 Å². The molecule has 0 spiro atoms. The van der Waals surface area contributed by atoms with E-state index in [0.29, 0.717) is 12.1 Å². The number of nitrogens with one attached hydrogen (secondary N) is 1. The first-order valence-corrected chi connectivity index (χ1v) is 8.50. The van der Waals surface area contributed by atoms with E-state index >= 15 is 0 Å². The first-order valence-electron chi connectivity index (χ1n) is 6.02. The SMILES string of the molecule is CC(C)(C)OC(=O)NCc1ccc(CS(=O)(=O)Cl)cc1. The van der Waals surface area contributed by atoms with Crippen molar-refractivity contribution in [2.75, 3.05) is 0 Å². The van der Waals surface area contributed by atoms with Crippen molar-refractivity contribution in [3.05, 3.63) is 35.4 Å². The zero-order valence-electron chi connectivity index (χ0n) is 11.6. The molecule has 0 radical (unpaired) electrons. The number of hydrogen-bond donors (Lipinski definition) is 1. The van der Waals surface area contributed by atoms with Crippen molar-refractivity contribution in [1.29, 1.82) is 0 Å². The maximum atomic E-state index is 11.5. The molecule has 0 aliphatic carbocycles. The van der Waals surface area contributed by atoms with Crippen molar-refractivity contribution >= 4 is 25.8 Å². The van der Waals surface area contributed by atoms with E-state index < -0.39 is 20.7 Å². The topological polar surface area (TPSA) is 72.5 Å². The highest BCUT2D eigenvalue weighted by Gasteiger charge is 2.15. The van der Waals surface area contributed by atoms with Crippen LogP contribution in [0.1, 0.15) is 31.9 Å². The standard InChI is InChI=1S/C13H18ClNO4S/c1-13(2,3)19-12(16)15-8-10-4-6-11(7-5-10)9-20(14,17)18/h4-7H,8-9H2,1-3H3,(H,15,16). The van der Waals surface area contributed by atoms with E-state index in [-0.39, 0.29) is 5.75 Å². The van der Waals surface area contributed by atoms with Gasteiger partial charge in [-0.25, -0.2) is 13.2 Å². The molecule has 1 aromatic carbocycles. The summed E-state index contributed by atoms with van der Waals surface area (Å²) in [5.41, 5.74) is 0.899. The Morgan fingerprint density at radius 2 is 1.70 bits per heavy atom. The number of ether oxygens (including phenoxy) is 1. The van der Waals surface area contributed by atoms with E-state index in [4.69, 9.17) is 15.4 Å². The van der Waals surface area contributed by atoms with Crippen molar-refractivity contribution in [2.24, 2.45) is 0 Å². The summed E-state index contributed by atoms with van der Waals surface area (Å²) in [7, 11) is 1.62. The molecule has 5 nitrogen and oxygen atoms in total. The molecule has 1 rings (SSSR count). The molecule has 0 saturated heterocycles. The van der Waals surface area contributed by atoms with Crippen LogP contribution in [0.15, 0.2) is 24.3 Å². The van der Waals surface area contributed by atoms with Gasteiger partial charge in [-0.2, -0.15) is 0 Å². The minimum absolute atomic E-state index is 0.214. The Balaban J connectivity index is 2.52. The van der Waals surface area contributed by atoms with E-state index in [1.807, 2.05) is 0 Å². The fourth-order valence-corrected chi connectivity index (χ4v) is 2.41. The molecule has 1 amide bonds. The summed E-state index contributed by atoms with van der Waals surface area (Å²) >= 11 is 0. The number of carbonyl (C=O) groups excluding carboxylic acids is 1. The molecular weight excluding hydrogens is 302 g/mol. The van der Waals surface area contributed by atoms with Crippen LogP contribution >= 0.6 is 10.7 Å². The molecule has 0 atom stereocenters. The van der Waals surface area contributed by atoms with Gasteiger partial charge in [0.25, 0.3) is 0 Å². The maximum absolute atomic E-state index is 11.5. The van der Waals surface area contributed by atoms with E-state index in [1.54, 1.807) is 45.0 Å². The molecule has 1 N–H and O–H groups in total. The van der Waals surface area contributed by atoms with Gasteiger partial charge in [-0.15, -0.1) is 0 Å². The number of amides is 1. The van der Waals surface area contributed by atoms with Crippen molar-refractivity contribution < 1.29 is 17.9 Å². The second-order valence-electron chi connectivity index (χ2n) is 5.36. The summed E-state index contributed by atoms with van der Waals surface area (Å²) in [4.78, 5) is 11.5. The summed E-state index contributed by atoms with van der Waals surface area (Å²) in [6, 6.07) is 6.78. The van der Waals surface area contributed by atoms with Gasteiger partial charge in [0.05, 0.1) is 5.75 Å². The molecule has 0 aliphatic rings. The van der Waals surface area contributed by atoms with Crippen molar-refractivity contribution in [2.45, 2.75) is 38.7 Å². The molecule has 1 aromatic rings. The Kier molecular flexibility index (Phi) is 5.42. The maximum Gasteiger partial charge on any atom is 0.407 e. The molecule has 0 saturated carbocycles. The number of rotatable bonds is 4. The van der Waals surface area contributed by atoms with Gasteiger partial charge in [0.2, 0.25) is 9.05 Å². The summed E-state index contributed by atoms with van der Waals surface area (Å²) in [5.74, 6) is -0.214. The Hall–Kier alpha value is -1.27. The summed E-state index contributed by atoms with van der Waals surface area (Å²) in [6.07, 6.45) is -0.495. The van der Waals surface area contributed by atoms with Gasteiger partial charge >= 0.3 is 6.09 Å². The number of hydrogen-bond acceptors (Lipinski definition) is 4. The van der Waals surface area contributed by atoms with E-state index in [1.165, 1.54) is 0 Å². The predicted octanol–water partition coefficient (Wildman–Crippen LogP) is 2.78. The zero-order valence-corrected chi connectivity index (χ0v) is 13.2. The van der Waals surface area contributed by atoms with E-state index in [2.05, 4.69) is 5.32 Å². The van der Waals surface area contributed by atoms with Gasteiger partial charge in [-0.3, -0.25) is 0 Å². The molecule has 112 valence electrons. The second-order valence-corrected chi connectivity index (χ2v) is 8.13. The first-order chi connectivity index (χ1) is 9.05. The lowest BCUT2D eigenvalue weighted by Gasteiger charge is -2.19. The number of carbonyl (C=O) groups is 1. The number of benzene rings is 1. The lowest BCUT2D eigenvalue weighted by atomic mass is 10.1. The highest BCUT2D eigenvalue weighted by Crippen LogP contribution is 2.11. The molecule has 7 heteroatoms. The van der Waals surface area contributed by atoms with Gasteiger partial charge in [0, 0.05) is 17.2 Å². The Morgan fingerprint density at radius 3 is 2.15 bits per heavy atom. The quantitative estimate of drug-likeness (QED) is 0.866. The van der Waals surface area contributed by atoms with Crippen LogP contribution in [0, 0.1) is 0 Å². The van der Waals surface area contributed by atoms with Gasteiger partial charge in [-0.1, -0.05) is 24.3 Å². The van der Waals surface area contributed by atoms with Crippen LogP contribution in [0.5, 0.6) is 0 Å². The van der Waals surface area contributed by atoms with Crippen LogP contribution in [0.25, 0.3) is 0 Å². The highest BCUT2D eigenvalue weighted by atomic mass is 35.7. The predicted molar refractivity (Wildman–Crippen MR) is 78.0 cm³/mol. The third-order valence-electron chi connectivity index (χ3n) is 2.20. The van der Waals surface area contributed by atoms with Gasteiger partial charge in [0.15, 0.2) is 0 Å². The second kappa shape index (κ2) is 6.45. The lowest BCUT2D eigenvalue weighted by molar-refractivity contribution is 0.0523. The summed E-state index contributed by atoms with van der Waals surface area (Å²) in [5, 5.41) is 2.62. The average molecular weight is 320 g/mol. The molecule has 0 fully saturated rings. The fraction of sp³-hybridized carbons (Fsp3) is 0.462. The van der Waals surface area contributed by atoms with Crippen LogP contribution in [0.4, 0.5) is 4.79 Å². The number of halogens is 1. The first kappa shape index (κ1) is 16.8. The third-order valence-corrected chi connectivity index (χ3v) is 3.20. The van der Waals surface area contributed by atoms with Crippen LogP contribution in [0.3, 0.4) is 0 Å². The van der Waals surface area contributed by atoms with Crippen molar-refractivity contribution in [1.82, 2.24) is 5.32 Å². The molecule has 0 aliphatic heterocycles. The largest absolute Gasteiger partial charge is 0.444 e. The van der Waals surface area contributed by atoms with Crippen LogP contribution in [-0.4, -0.2) is 20.1 Å². The summed E-state index contributed by atoms with van der Waals surface area (Å²) < 4.78 is 27.0. The molecule has 0 heterocycles. The van der Waals surface area contributed by atoms with E-state index in [9.17, 15) is 13.2 Å². The van der Waals surface area contributed by atoms with E-state index in [0.717, 1.165) is 5.56 Å². The third kappa shape index (κ3) is 7.35. The minimum Gasteiger partial charge on any atom is -0.444 e.